The van der Waals surface area contributed by atoms with Gasteiger partial charge in [0.1, 0.15) is 0 Å². The van der Waals surface area contributed by atoms with Gasteiger partial charge in [0.2, 0.25) is 5.91 Å². The fourth-order valence-electron chi connectivity index (χ4n) is 1.73. The maximum absolute atomic E-state index is 12.3. The lowest BCUT2D eigenvalue weighted by Crippen LogP contribution is -2.43. The van der Waals surface area contributed by atoms with E-state index in [1.807, 2.05) is 17.0 Å². The predicted molar refractivity (Wildman–Crippen MR) is 77.2 cm³/mol. The molecule has 0 saturated heterocycles. The maximum atomic E-state index is 12.3. The van der Waals surface area contributed by atoms with E-state index < -0.39 is 0 Å². The lowest BCUT2D eigenvalue weighted by Gasteiger charge is -2.26. The molecule has 0 radical (unpaired) electrons. The summed E-state index contributed by atoms with van der Waals surface area (Å²) >= 11 is 0. The minimum absolute atomic E-state index is 0.0762. The Balaban J connectivity index is 4.48. The van der Waals surface area contributed by atoms with Gasteiger partial charge in [-0.3, -0.25) is 9.69 Å². The first-order valence-corrected chi connectivity index (χ1v) is 6.91. The van der Waals surface area contributed by atoms with Crippen LogP contribution in [0.1, 0.15) is 12.8 Å². The third-order valence-corrected chi connectivity index (χ3v) is 2.92. The van der Waals surface area contributed by atoms with Crippen molar-refractivity contribution in [2.75, 3.05) is 60.2 Å². The van der Waals surface area contributed by atoms with Crippen molar-refractivity contribution in [2.45, 2.75) is 12.8 Å². The third-order valence-electron chi connectivity index (χ3n) is 2.92. The zero-order valence-corrected chi connectivity index (χ0v) is 12.9. The summed E-state index contributed by atoms with van der Waals surface area (Å²) in [5.41, 5.74) is 0. The number of methoxy groups -OCH3 is 2. The average Bonchev–Trinajstić information content (AvgIpc) is 2.49. The summed E-state index contributed by atoms with van der Waals surface area (Å²) < 4.78 is 10.1. The van der Waals surface area contributed by atoms with Gasteiger partial charge in [0.05, 0.1) is 44.7 Å². The number of nitrogens with zero attached hydrogens (tertiary/aromatic N) is 4. The molecule has 0 bridgehead atoms. The monoisotopic (exact) mass is 296 g/mol. The fourth-order valence-corrected chi connectivity index (χ4v) is 1.73. The summed E-state index contributed by atoms with van der Waals surface area (Å²) in [6, 6.07) is 4.04. The van der Waals surface area contributed by atoms with Crippen molar-refractivity contribution in [2.24, 2.45) is 0 Å². The molecular formula is C14H24N4O3. The zero-order valence-electron chi connectivity index (χ0n) is 12.9. The summed E-state index contributed by atoms with van der Waals surface area (Å²) in [5.74, 6) is -0.0762. The number of carbonyl (C=O) groups is 1. The van der Waals surface area contributed by atoms with Crippen LogP contribution in [0, 0.1) is 22.7 Å². The molecule has 0 rings (SSSR count). The normalized spacial score (nSPS) is 10.1. The van der Waals surface area contributed by atoms with Gasteiger partial charge in [0.15, 0.2) is 0 Å². The van der Waals surface area contributed by atoms with E-state index in [1.165, 1.54) is 0 Å². The van der Waals surface area contributed by atoms with Crippen LogP contribution < -0.4 is 0 Å². The molecule has 118 valence electrons. The van der Waals surface area contributed by atoms with E-state index in [0.717, 1.165) is 0 Å². The first kappa shape index (κ1) is 19.3. The zero-order chi connectivity index (χ0) is 15.9. The lowest BCUT2D eigenvalue weighted by atomic mass is 10.3. The van der Waals surface area contributed by atoms with Crippen molar-refractivity contribution in [1.29, 1.82) is 10.5 Å². The van der Waals surface area contributed by atoms with E-state index >= 15 is 0 Å². The Kier molecular flexibility index (Phi) is 12.3. The minimum atomic E-state index is -0.0762. The minimum Gasteiger partial charge on any atom is -0.383 e. The van der Waals surface area contributed by atoms with E-state index in [-0.39, 0.29) is 25.3 Å². The Hall–Kier alpha value is -1.67. The van der Waals surface area contributed by atoms with Crippen molar-refractivity contribution in [1.82, 2.24) is 9.80 Å². The Bertz CT molecular complexity index is 336. The van der Waals surface area contributed by atoms with Crippen molar-refractivity contribution >= 4 is 5.91 Å². The Morgan fingerprint density at radius 2 is 1.43 bits per heavy atom. The molecule has 1 amide bonds. The van der Waals surface area contributed by atoms with Gasteiger partial charge in [-0.25, -0.2) is 0 Å². The van der Waals surface area contributed by atoms with Crippen LogP contribution in [0.2, 0.25) is 0 Å². The second-order valence-corrected chi connectivity index (χ2v) is 4.46. The molecule has 0 unspecified atom stereocenters. The standard InChI is InChI=1S/C14H24N4O3/c1-20-11-9-17(10-12-21-2)13-14(19)18(7-3-5-15)8-4-6-16/h3-4,7-13H2,1-2H3. The molecule has 0 atom stereocenters. The number of hydrogen-bond acceptors (Lipinski definition) is 6. The highest BCUT2D eigenvalue weighted by atomic mass is 16.5. The van der Waals surface area contributed by atoms with E-state index in [0.29, 0.717) is 39.4 Å². The molecule has 7 nitrogen and oxygen atoms in total. The second kappa shape index (κ2) is 13.3. The van der Waals surface area contributed by atoms with Gasteiger partial charge in [-0.2, -0.15) is 10.5 Å². The van der Waals surface area contributed by atoms with Gasteiger partial charge >= 0.3 is 0 Å². The molecular weight excluding hydrogens is 272 g/mol. The van der Waals surface area contributed by atoms with Crippen LogP contribution in [0.3, 0.4) is 0 Å². The van der Waals surface area contributed by atoms with Gasteiger partial charge in [-0.05, 0) is 0 Å². The number of rotatable bonds is 12. The fraction of sp³-hybridized carbons (Fsp3) is 0.786. The Morgan fingerprint density at radius 1 is 0.952 bits per heavy atom. The van der Waals surface area contributed by atoms with Crippen LogP contribution in [0.25, 0.3) is 0 Å². The maximum Gasteiger partial charge on any atom is 0.236 e. The number of hydrogen-bond donors (Lipinski definition) is 0. The largest absolute Gasteiger partial charge is 0.383 e. The molecule has 7 heteroatoms. The van der Waals surface area contributed by atoms with Gasteiger partial charge in [-0.1, -0.05) is 0 Å². The molecule has 0 aromatic heterocycles. The Labute approximate surface area is 126 Å². The van der Waals surface area contributed by atoms with Crippen molar-refractivity contribution in [3.63, 3.8) is 0 Å². The summed E-state index contributed by atoms with van der Waals surface area (Å²) in [6.45, 7) is 3.30. The highest BCUT2D eigenvalue weighted by Gasteiger charge is 2.16. The van der Waals surface area contributed by atoms with E-state index in [4.69, 9.17) is 20.0 Å². The van der Waals surface area contributed by atoms with Gasteiger partial charge in [0.25, 0.3) is 0 Å². The number of carbonyl (C=O) groups excluding carboxylic acids is 1. The summed E-state index contributed by atoms with van der Waals surface area (Å²) in [7, 11) is 3.23. The number of ether oxygens (including phenoxy) is 2. The predicted octanol–water partition coefficient (Wildman–Crippen LogP) is 0.237. The molecule has 0 aliphatic heterocycles. The lowest BCUT2D eigenvalue weighted by molar-refractivity contribution is -0.132. The highest BCUT2D eigenvalue weighted by molar-refractivity contribution is 5.78. The molecule has 0 saturated carbocycles. The second-order valence-electron chi connectivity index (χ2n) is 4.46. The quantitative estimate of drug-likeness (QED) is 0.512. The van der Waals surface area contributed by atoms with Crippen molar-refractivity contribution < 1.29 is 14.3 Å². The summed E-state index contributed by atoms with van der Waals surface area (Å²) in [6.07, 6.45) is 0.542. The highest BCUT2D eigenvalue weighted by Crippen LogP contribution is 1.99. The van der Waals surface area contributed by atoms with Gasteiger partial charge < -0.3 is 14.4 Å². The van der Waals surface area contributed by atoms with E-state index in [1.54, 1.807) is 19.1 Å². The summed E-state index contributed by atoms with van der Waals surface area (Å²) in [4.78, 5) is 15.8. The molecule has 0 aliphatic carbocycles. The van der Waals surface area contributed by atoms with Gasteiger partial charge in [-0.15, -0.1) is 0 Å². The Morgan fingerprint density at radius 3 is 1.81 bits per heavy atom. The van der Waals surface area contributed by atoms with Crippen LogP contribution in [0.5, 0.6) is 0 Å². The number of nitriles is 2. The number of amides is 1. The average molecular weight is 296 g/mol. The summed E-state index contributed by atoms with van der Waals surface area (Å²) in [5, 5.41) is 17.3. The first-order valence-electron chi connectivity index (χ1n) is 6.91. The molecule has 0 fully saturated rings. The molecule has 0 aliphatic rings. The van der Waals surface area contributed by atoms with Crippen molar-refractivity contribution in [3.05, 3.63) is 0 Å². The SMILES string of the molecule is COCCN(CCOC)CC(=O)N(CCC#N)CCC#N. The van der Waals surface area contributed by atoms with Crippen LogP contribution >= 0.6 is 0 Å². The molecule has 21 heavy (non-hydrogen) atoms. The van der Waals surface area contributed by atoms with Gasteiger partial charge in [0, 0.05) is 40.4 Å². The van der Waals surface area contributed by atoms with E-state index in [9.17, 15) is 4.79 Å². The topological polar surface area (TPSA) is 89.6 Å². The third kappa shape index (κ3) is 9.80. The van der Waals surface area contributed by atoms with E-state index in [2.05, 4.69) is 0 Å². The van der Waals surface area contributed by atoms with Crippen LogP contribution in [-0.2, 0) is 14.3 Å². The molecule has 0 N–H and O–H groups in total. The molecule has 0 heterocycles. The van der Waals surface area contributed by atoms with Crippen LogP contribution in [0.4, 0.5) is 0 Å². The molecule has 0 aromatic rings. The smallest absolute Gasteiger partial charge is 0.236 e. The first-order chi connectivity index (χ1) is 10.2. The van der Waals surface area contributed by atoms with Crippen LogP contribution in [-0.4, -0.2) is 75.9 Å². The molecule has 0 spiro atoms. The molecule has 0 aromatic carbocycles. The van der Waals surface area contributed by atoms with Crippen LogP contribution in [0.15, 0.2) is 0 Å². The van der Waals surface area contributed by atoms with Crippen molar-refractivity contribution in [3.8, 4) is 12.1 Å².